The number of hydrogen-bond acceptors (Lipinski definition) is 15. The van der Waals surface area contributed by atoms with Gasteiger partial charge in [-0.25, -0.2) is 14.8 Å². The van der Waals surface area contributed by atoms with Crippen LogP contribution in [0.5, 0.6) is 0 Å². The quantitative estimate of drug-likeness (QED) is 0.0401. The number of carboxylic acid groups (broad SMARTS) is 1. The number of ether oxygens (including phenoxy) is 1. The lowest BCUT2D eigenvalue weighted by Gasteiger charge is -2.69. The average molecular weight is 1230 g/mol. The van der Waals surface area contributed by atoms with Crippen molar-refractivity contribution in [1.82, 2.24) is 50.0 Å². The van der Waals surface area contributed by atoms with Gasteiger partial charge in [0.25, 0.3) is 5.91 Å². The molecule has 8 aliphatic rings. The Labute approximate surface area is 525 Å². The number of carbonyl (C=O) groups excluding carboxylic acids is 4. The van der Waals surface area contributed by atoms with E-state index in [9.17, 15) is 29.1 Å². The molecule has 3 N–H and O–H groups in total. The van der Waals surface area contributed by atoms with Crippen molar-refractivity contribution in [3.05, 3.63) is 100.0 Å². The third kappa shape index (κ3) is 12.5. The van der Waals surface area contributed by atoms with E-state index in [-0.39, 0.29) is 51.7 Å². The van der Waals surface area contributed by atoms with Crippen molar-refractivity contribution < 1.29 is 33.8 Å². The molecule has 4 bridgehead atoms. The SMILES string of the molecule is Cc1c(Nc2nc3ccccc3s2)nnc2c1CCCN2c1ccc(-c2cnn(CC34CC5(C)CC(C)(C3)CC(OCCN(C)CCCCCCCCCC(=O)N3CCC(c6ccc7c(c6)CN(C6CCC(=O)NC6=O)C7=O)CC3)(C5)C4)c2C)c(C(=O)O)n1. The maximum atomic E-state index is 13.2. The summed E-state index contributed by atoms with van der Waals surface area (Å²) in [4.78, 5) is 81.4. The topological polar surface area (TPSA) is 221 Å². The Hall–Kier alpha value is -7.16. The Balaban J connectivity index is 0.543. The molecule has 4 aliphatic heterocycles. The number of aromatic carboxylic acids is 1. The van der Waals surface area contributed by atoms with Crippen LogP contribution >= 0.6 is 11.3 Å². The van der Waals surface area contributed by atoms with Crippen LogP contribution < -0.4 is 15.5 Å². The van der Waals surface area contributed by atoms with Crippen molar-refractivity contribution in [3.8, 4) is 11.1 Å². The van der Waals surface area contributed by atoms with Crippen molar-refractivity contribution in [1.29, 1.82) is 0 Å². The van der Waals surface area contributed by atoms with E-state index in [1.165, 1.54) is 31.2 Å². The molecule has 6 aromatic rings. The van der Waals surface area contributed by atoms with Crippen molar-refractivity contribution in [2.45, 2.75) is 187 Å². The summed E-state index contributed by atoms with van der Waals surface area (Å²) in [6.07, 6.45) is 21.1. The summed E-state index contributed by atoms with van der Waals surface area (Å²) in [7, 11) is 2.22. The van der Waals surface area contributed by atoms with Crippen LogP contribution in [0.3, 0.4) is 0 Å². The minimum Gasteiger partial charge on any atom is -0.476 e. The number of hydrogen-bond donors (Lipinski definition) is 3. The monoisotopic (exact) mass is 1230 g/mol. The number of nitrogens with one attached hydrogen (secondary N) is 2. The Morgan fingerprint density at radius 1 is 0.820 bits per heavy atom. The van der Waals surface area contributed by atoms with E-state index >= 15 is 0 Å². The number of nitrogens with zero attached hydrogens (tertiary/aromatic N) is 10. The van der Waals surface area contributed by atoms with Crippen LogP contribution in [0, 0.1) is 30.1 Å². The fourth-order valence-electron chi connectivity index (χ4n) is 17.8. The summed E-state index contributed by atoms with van der Waals surface area (Å²) in [6, 6.07) is 17.3. The molecule has 0 spiro atoms. The largest absolute Gasteiger partial charge is 0.476 e. The molecule has 3 atom stereocenters. The number of aromatic nitrogens is 6. The van der Waals surface area contributed by atoms with E-state index in [0.29, 0.717) is 67.0 Å². The number of carboxylic acids is 1. The van der Waals surface area contributed by atoms with Gasteiger partial charge in [0.05, 0.1) is 28.6 Å². The van der Waals surface area contributed by atoms with Gasteiger partial charge in [0.2, 0.25) is 17.7 Å². The van der Waals surface area contributed by atoms with E-state index in [1.807, 2.05) is 65.4 Å². The zero-order chi connectivity index (χ0) is 61.8. The molecule has 6 fully saturated rings. The maximum absolute atomic E-state index is 13.2. The number of unbranched alkanes of at least 4 members (excludes halogenated alkanes) is 6. The lowest BCUT2D eigenvalue weighted by atomic mass is 9.39. The standard InChI is InChI=1S/C69H86N12O7S/c1-44-49-16-15-29-79(61(49)76-75-60(44)74-65-71-53-17-12-13-18-55(53)89-65)56-24-22-51(59(72-56)64(86)87)52-35-70-81(45(52)2)43-68-38-66(3)37-67(4,39-68)41-69(40-66,42-68)88-33-32-77(5)28-14-10-8-6-7-9-11-19-58(83)78-30-26-46(27-31-78)47-20-21-50-48(34-47)36-80(63(50)85)54-23-25-57(82)73-62(54)84/h12-13,17-18,20-22,24,34-35,46,54H,6-11,14-16,19,23,25-33,36-43H2,1-5H3,(H,86,87)(H,71,74,75)(H,73,82,84). The van der Waals surface area contributed by atoms with Gasteiger partial charge in [-0.15, -0.1) is 10.2 Å². The normalized spacial score (nSPS) is 24.9. The van der Waals surface area contributed by atoms with Crippen LogP contribution in [0.25, 0.3) is 21.3 Å². The zero-order valence-corrected chi connectivity index (χ0v) is 53.3. The van der Waals surface area contributed by atoms with Crippen LogP contribution in [-0.4, -0.2) is 137 Å². The fourth-order valence-corrected chi connectivity index (χ4v) is 18.7. The minimum absolute atomic E-state index is 0.00780. The van der Waals surface area contributed by atoms with Gasteiger partial charge < -0.3 is 34.8 Å². The number of likely N-dealkylation sites (tertiary alicyclic amines) is 1. The minimum atomic E-state index is -1.09. The number of rotatable bonds is 23. The van der Waals surface area contributed by atoms with Crippen LogP contribution in [0.15, 0.2) is 60.8 Å². The lowest BCUT2D eigenvalue weighted by Crippen LogP contribution is -2.64. The zero-order valence-electron chi connectivity index (χ0n) is 52.5. The molecule has 89 heavy (non-hydrogen) atoms. The fraction of sp³-hybridized carbons (Fsp3) is 0.565. The predicted molar refractivity (Wildman–Crippen MR) is 343 cm³/mol. The number of amides is 4. The van der Waals surface area contributed by atoms with Gasteiger partial charge in [-0.1, -0.05) is 81.6 Å². The molecule has 4 aromatic heterocycles. The van der Waals surface area contributed by atoms with E-state index < -0.39 is 17.9 Å². The number of imide groups is 1. The molecule has 3 unspecified atom stereocenters. The first kappa shape index (κ1) is 60.7. The van der Waals surface area contributed by atoms with E-state index in [1.54, 1.807) is 16.2 Å². The van der Waals surface area contributed by atoms with Gasteiger partial charge in [-0.05, 0) is 175 Å². The van der Waals surface area contributed by atoms with Gasteiger partial charge >= 0.3 is 5.97 Å². The third-order valence-corrected chi connectivity index (χ3v) is 21.9. The van der Waals surface area contributed by atoms with Crippen LogP contribution in [0.4, 0.5) is 22.6 Å². The number of carbonyl (C=O) groups is 5. The number of fused-ring (bicyclic) bond motifs is 3. The number of anilines is 4. The molecule has 2 saturated heterocycles. The van der Waals surface area contributed by atoms with Gasteiger partial charge in [-0.2, -0.15) is 5.10 Å². The molecule has 4 aliphatic carbocycles. The van der Waals surface area contributed by atoms with E-state index in [4.69, 9.17) is 24.9 Å². The van der Waals surface area contributed by atoms with Gasteiger partial charge in [0, 0.05) is 85.6 Å². The molecule has 14 rings (SSSR count). The molecular formula is C69H86N12O7S. The number of thiazole rings is 1. The van der Waals surface area contributed by atoms with Crippen molar-refractivity contribution in [3.63, 3.8) is 0 Å². The Kier molecular flexibility index (Phi) is 16.8. The molecule has 20 heteroatoms. The molecule has 2 aromatic carbocycles. The van der Waals surface area contributed by atoms with Crippen LogP contribution in [0.1, 0.15) is 191 Å². The highest BCUT2D eigenvalue weighted by molar-refractivity contribution is 7.22. The Morgan fingerprint density at radius 2 is 1.57 bits per heavy atom. The highest BCUT2D eigenvalue weighted by Gasteiger charge is 2.66. The van der Waals surface area contributed by atoms with Crippen molar-refractivity contribution >= 4 is 73.7 Å². The summed E-state index contributed by atoms with van der Waals surface area (Å²) >= 11 is 1.57. The maximum Gasteiger partial charge on any atom is 0.355 e. The van der Waals surface area contributed by atoms with Crippen LogP contribution in [0.2, 0.25) is 0 Å². The predicted octanol–water partition coefficient (Wildman–Crippen LogP) is 11.8. The highest BCUT2D eigenvalue weighted by atomic mass is 32.1. The number of para-hydroxylation sites is 1. The first-order valence-electron chi connectivity index (χ1n) is 32.8. The van der Waals surface area contributed by atoms with Crippen LogP contribution in [-0.2, 0) is 38.6 Å². The molecule has 470 valence electrons. The molecule has 8 heterocycles. The van der Waals surface area contributed by atoms with Crippen molar-refractivity contribution in [2.24, 2.45) is 16.2 Å². The molecule has 4 amide bonds. The lowest BCUT2D eigenvalue weighted by molar-refractivity contribution is -0.248. The highest BCUT2D eigenvalue weighted by Crippen LogP contribution is 2.72. The summed E-state index contributed by atoms with van der Waals surface area (Å²) in [5.41, 5.74) is 8.21. The third-order valence-electron chi connectivity index (χ3n) is 21.0. The Bertz CT molecular complexity index is 3670. The smallest absolute Gasteiger partial charge is 0.355 e. The average Bonchev–Trinajstić information content (AvgIpc) is 1.34. The number of piperidine rings is 2. The summed E-state index contributed by atoms with van der Waals surface area (Å²) in [5.74, 6) is 0.551. The first-order valence-corrected chi connectivity index (χ1v) is 33.6. The summed E-state index contributed by atoms with van der Waals surface area (Å²) < 4.78 is 10.4. The second-order valence-corrected chi connectivity index (χ2v) is 29.3. The summed E-state index contributed by atoms with van der Waals surface area (Å²) in [6.45, 7) is 15.0. The number of pyridine rings is 1. The van der Waals surface area contributed by atoms with Gasteiger partial charge in [-0.3, -0.25) is 29.2 Å². The number of benzene rings is 2. The number of likely N-dealkylation sites (N-methyl/N-ethyl adjacent to an activating group) is 1. The first-order chi connectivity index (χ1) is 42.8. The molecular weight excluding hydrogens is 1140 g/mol. The summed E-state index contributed by atoms with van der Waals surface area (Å²) in [5, 5.41) is 31.6. The Morgan fingerprint density at radius 3 is 2.34 bits per heavy atom. The van der Waals surface area contributed by atoms with Crippen molar-refractivity contribution in [2.75, 3.05) is 56.6 Å². The van der Waals surface area contributed by atoms with E-state index in [2.05, 4.69) is 65.3 Å². The van der Waals surface area contributed by atoms with E-state index in [0.717, 1.165) is 159 Å². The second-order valence-electron chi connectivity index (χ2n) is 28.2. The van der Waals surface area contributed by atoms with Gasteiger partial charge in [0.1, 0.15) is 11.9 Å². The second kappa shape index (κ2) is 24.6. The van der Waals surface area contributed by atoms with Gasteiger partial charge in [0.15, 0.2) is 22.5 Å². The molecule has 0 radical (unpaired) electrons. The molecule has 4 saturated carbocycles. The molecule has 19 nitrogen and oxygen atoms in total.